The van der Waals surface area contributed by atoms with E-state index in [2.05, 4.69) is 26.5 Å². The van der Waals surface area contributed by atoms with Crippen molar-refractivity contribution in [2.45, 2.75) is 28.9 Å². The Bertz CT molecular complexity index is 658. The third-order valence-electron chi connectivity index (χ3n) is 2.48. The molecule has 0 aliphatic carbocycles. The third-order valence-corrected chi connectivity index (χ3v) is 3.79. The van der Waals surface area contributed by atoms with Crippen LogP contribution < -0.4 is 0 Å². The minimum absolute atomic E-state index is 0.0952. The number of rotatable bonds is 4. The van der Waals surface area contributed by atoms with Gasteiger partial charge < -0.3 is 0 Å². The van der Waals surface area contributed by atoms with Gasteiger partial charge in [0.1, 0.15) is 0 Å². The molecule has 2 rings (SSSR count). The number of hydrogen-bond donors (Lipinski definition) is 1. The molecule has 122 valence electrons. The molecule has 0 atom stereocenters. The quantitative estimate of drug-likeness (QED) is 0.363. The monoisotopic (exact) mass is 352 g/mol. The number of non-ortho nitro benzene ring substituents is 2. The predicted molar refractivity (Wildman–Crippen MR) is 94.4 cm³/mol. The van der Waals surface area contributed by atoms with E-state index in [1.54, 1.807) is 36.0 Å². The summed E-state index contributed by atoms with van der Waals surface area (Å²) in [5, 5.41) is 20.9. The van der Waals surface area contributed by atoms with Gasteiger partial charge in [-0.15, -0.1) is 24.4 Å². The molecule has 0 spiro atoms. The SMILES string of the molecule is CC(C)Sc1ccc([N+](=O)[O-])cc1.O=[N+]([O-])c1ccc(S)cc1. The highest BCUT2D eigenvalue weighted by atomic mass is 32.2. The van der Waals surface area contributed by atoms with Crippen LogP contribution in [0, 0.1) is 20.2 Å². The van der Waals surface area contributed by atoms with Gasteiger partial charge in [0.05, 0.1) is 9.85 Å². The minimum atomic E-state index is -0.437. The van der Waals surface area contributed by atoms with Crippen LogP contribution in [0.5, 0.6) is 0 Å². The van der Waals surface area contributed by atoms with E-state index in [-0.39, 0.29) is 16.3 Å². The second-order valence-corrected chi connectivity index (χ2v) is 6.86. The largest absolute Gasteiger partial charge is 0.269 e. The molecule has 0 aliphatic rings. The molecule has 2 aromatic carbocycles. The first-order chi connectivity index (χ1) is 10.8. The predicted octanol–water partition coefficient (Wildman–Crippen LogP) is 4.98. The van der Waals surface area contributed by atoms with Crippen molar-refractivity contribution in [2.24, 2.45) is 0 Å². The van der Waals surface area contributed by atoms with E-state index in [0.717, 1.165) is 9.79 Å². The number of thioether (sulfide) groups is 1. The highest BCUT2D eigenvalue weighted by molar-refractivity contribution is 7.99. The lowest BCUT2D eigenvalue weighted by Gasteiger charge is -2.03. The maximum absolute atomic E-state index is 10.3. The number of nitro benzene ring substituents is 2. The fraction of sp³-hybridized carbons (Fsp3) is 0.200. The van der Waals surface area contributed by atoms with Crippen molar-refractivity contribution in [1.29, 1.82) is 0 Å². The molecule has 0 saturated carbocycles. The Kier molecular flexibility index (Phi) is 7.56. The fourth-order valence-electron chi connectivity index (χ4n) is 1.49. The van der Waals surface area contributed by atoms with Gasteiger partial charge in [0, 0.05) is 39.3 Å². The van der Waals surface area contributed by atoms with Crippen LogP contribution in [-0.4, -0.2) is 15.1 Å². The zero-order chi connectivity index (χ0) is 17.4. The number of hydrogen-bond acceptors (Lipinski definition) is 6. The minimum Gasteiger partial charge on any atom is -0.258 e. The van der Waals surface area contributed by atoms with Gasteiger partial charge in [0.2, 0.25) is 0 Å². The van der Waals surface area contributed by atoms with Crippen molar-refractivity contribution in [2.75, 3.05) is 0 Å². The van der Waals surface area contributed by atoms with Crippen molar-refractivity contribution in [3.63, 3.8) is 0 Å². The standard InChI is InChI=1S/C9H11NO2S.C6H5NO2S/c1-7(2)13-9-5-3-8(4-6-9)10(11)12;8-7(9)5-1-3-6(10)4-2-5/h3-7H,1-2H3;1-4,10H. The summed E-state index contributed by atoms with van der Waals surface area (Å²) in [7, 11) is 0. The van der Waals surface area contributed by atoms with Crippen molar-refractivity contribution < 1.29 is 9.85 Å². The molecular formula is C15H16N2O4S2. The van der Waals surface area contributed by atoms with Crippen LogP contribution in [0.25, 0.3) is 0 Å². The van der Waals surface area contributed by atoms with E-state index < -0.39 is 4.92 Å². The molecule has 8 heteroatoms. The molecule has 0 heterocycles. The molecular weight excluding hydrogens is 336 g/mol. The van der Waals surface area contributed by atoms with Crippen LogP contribution in [0.3, 0.4) is 0 Å². The second kappa shape index (κ2) is 9.16. The van der Waals surface area contributed by atoms with Gasteiger partial charge in [-0.05, 0) is 24.3 Å². The van der Waals surface area contributed by atoms with Gasteiger partial charge in [0.25, 0.3) is 11.4 Å². The summed E-state index contributed by atoms with van der Waals surface area (Å²) < 4.78 is 0. The maximum Gasteiger partial charge on any atom is 0.269 e. The van der Waals surface area contributed by atoms with E-state index in [1.807, 2.05) is 0 Å². The first kappa shape index (κ1) is 19.0. The van der Waals surface area contributed by atoms with Crippen molar-refractivity contribution in [1.82, 2.24) is 0 Å². The van der Waals surface area contributed by atoms with Crippen molar-refractivity contribution in [3.05, 3.63) is 68.8 Å². The van der Waals surface area contributed by atoms with Gasteiger partial charge in [0.15, 0.2) is 0 Å². The molecule has 23 heavy (non-hydrogen) atoms. The van der Waals surface area contributed by atoms with E-state index in [4.69, 9.17) is 0 Å². The Morgan fingerprint density at radius 1 is 0.870 bits per heavy atom. The van der Waals surface area contributed by atoms with Gasteiger partial charge >= 0.3 is 0 Å². The third kappa shape index (κ3) is 7.16. The summed E-state index contributed by atoms with van der Waals surface area (Å²) in [6, 6.07) is 12.6. The van der Waals surface area contributed by atoms with E-state index in [0.29, 0.717) is 5.25 Å². The number of nitrogens with zero attached hydrogens (tertiary/aromatic N) is 2. The smallest absolute Gasteiger partial charge is 0.258 e. The fourth-order valence-corrected chi connectivity index (χ4v) is 2.48. The van der Waals surface area contributed by atoms with Gasteiger partial charge in [-0.25, -0.2) is 0 Å². The van der Waals surface area contributed by atoms with Gasteiger partial charge in [-0.3, -0.25) is 20.2 Å². The Balaban J connectivity index is 0.000000238. The topological polar surface area (TPSA) is 86.3 Å². The zero-order valence-corrected chi connectivity index (χ0v) is 14.3. The van der Waals surface area contributed by atoms with Crippen LogP contribution >= 0.6 is 24.4 Å². The highest BCUT2D eigenvalue weighted by Crippen LogP contribution is 2.24. The van der Waals surface area contributed by atoms with Crippen LogP contribution in [-0.2, 0) is 0 Å². The molecule has 0 saturated heterocycles. The molecule has 6 nitrogen and oxygen atoms in total. The highest BCUT2D eigenvalue weighted by Gasteiger charge is 2.04. The first-order valence-electron chi connectivity index (χ1n) is 6.64. The van der Waals surface area contributed by atoms with Crippen LogP contribution in [0.2, 0.25) is 0 Å². The normalized spacial score (nSPS) is 9.91. The average molecular weight is 352 g/mol. The number of benzene rings is 2. The van der Waals surface area contributed by atoms with Crippen LogP contribution in [0.4, 0.5) is 11.4 Å². The number of nitro groups is 2. The molecule has 0 aliphatic heterocycles. The Morgan fingerprint density at radius 3 is 1.61 bits per heavy atom. The van der Waals surface area contributed by atoms with Crippen molar-refractivity contribution >= 4 is 35.8 Å². The van der Waals surface area contributed by atoms with E-state index in [1.165, 1.54) is 24.3 Å². The van der Waals surface area contributed by atoms with E-state index in [9.17, 15) is 20.2 Å². The molecule has 0 fully saturated rings. The number of thiol groups is 1. The lowest BCUT2D eigenvalue weighted by atomic mass is 10.3. The molecule has 0 N–H and O–H groups in total. The Morgan fingerprint density at radius 2 is 1.26 bits per heavy atom. The summed E-state index contributed by atoms with van der Waals surface area (Å²) >= 11 is 5.67. The molecule has 0 radical (unpaired) electrons. The summed E-state index contributed by atoms with van der Waals surface area (Å²) in [4.78, 5) is 21.4. The lowest BCUT2D eigenvalue weighted by molar-refractivity contribution is -0.385. The molecule has 0 aromatic heterocycles. The maximum atomic E-state index is 10.3. The molecule has 0 bridgehead atoms. The summed E-state index contributed by atoms with van der Waals surface area (Å²) in [5.74, 6) is 0. The zero-order valence-electron chi connectivity index (χ0n) is 12.6. The Labute approximate surface area is 143 Å². The molecule has 0 amide bonds. The Hall–Kier alpha value is -2.06. The molecule has 0 unspecified atom stereocenters. The summed E-state index contributed by atoms with van der Waals surface area (Å²) in [5.41, 5.74) is 0.242. The molecule has 2 aromatic rings. The van der Waals surface area contributed by atoms with E-state index >= 15 is 0 Å². The van der Waals surface area contributed by atoms with Crippen LogP contribution in [0.15, 0.2) is 58.3 Å². The summed E-state index contributed by atoms with van der Waals surface area (Å²) in [6.07, 6.45) is 0. The average Bonchev–Trinajstić information content (AvgIpc) is 2.48. The second-order valence-electron chi connectivity index (χ2n) is 4.69. The first-order valence-corrected chi connectivity index (χ1v) is 7.97. The van der Waals surface area contributed by atoms with Crippen LogP contribution in [0.1, 0.15) is 13.8 Å². The van der Waals surface area contributed by atoms with Gasteiger partial charge in [-0.2, -0.15) is 0 Å². The summed E-state index contributed by atoms with van der Waals surface area (Å²) in [6.45, 7) is 4.18. The van der Waals surface area contributed by atoms with Crippen molar-refractivity contribution in [3.8, 4) is 0 Å². The van der Waals surface area contributed by atoms with Gasteiger partial charge in [-0.1, -0.05) is 13.8 Å². The lowest BCUT2D eigenvalue weighted by Crippen LogP contribution is -1.88.